The van der Waals surface area contributed by atoms with Crippen molar-refractivity contribution < 1.29 is 5.11 Å². The normalized spacial score (nSPS) is 18.0. The standard InChI is InChI=1S/C31H35N5O2/c1-4-7-28-27(18-21-10-12-22(13-11-21)26-9-6-5-8-23(26)19-32)29(37)35(30-33-20-34-36(28)30)25-16-14-24(15-17-25)31(2,3)38/h5-6,8-13,20,24-25,38H,4,7,14-18H2,1-3H3. The summed E-state index contributed by atoms with van der Waals surface area (Å²) in [4.78, 5) is 18.6. The second kappa shape index (κ2) is 10.5. The van der Waals surface area contributed by atoms with E-state index in [1.165, 1.54) is 6.33 Å². The van der Waals surface area contributed by atoms with Gasteiger partial charge in [-0.15, -0.1) is 0 Å². The molecular weight excluding hydrogens is 474 g/mol. The van der Waals surface area contributed by atoms with Gasteiger partial charge in [-0.25, -0.2) is 4.52 Å². The molecule has 2 aromatic carbocycles. The Bertz CT molecular complexity index is 1530. The summed E-state index contributed by atoms with van der Waals surface area (Å²) in [6.07, 6.45) is 7.09. The molecule has 1 aliphatic rings. The number of hydrogen-bond donors (Lipinski definition) is 1. The molecule has 0 aliphatic heterocycles. The Morgan fingerprint density at radius 2 is 1.79 bits per heavy atom. The van der Waals surface area contributed by atoms with Crippen molar-refractivity contribution in [2.75, 3.05) is 0 Å². The molecule has 5 rings (SSSR count). The first-order valence-corrected chi connectivity index (χ1v) is 13.6. The molecule has 4 aromatic rings. The Labute approximate surface area is 223 Å². The molecule has 38 heavy (non-hydrogen) atoms. The molecule has 1 fully saturated rings. The van der Waals surface area contributed by atoms with Crippen LogP contribution in [-0.2, 0) is 12.8 Å². The molecule has 2 aromatic heterocycles. The van der Waals surface area contributed by atoms with E-state index in [0.717, 1.165) is 66.5 Å². The highest BCUT2D eigenvalue weighted by atomic mass is 16.3. The number of aromatic nitrogens is 4. The number of aryl methyl sites for hydroxylation is 1. The minimum Gasteiger partial charge on any atom is -0.390 e. The van der Waals surface area contributed by atoms with Gasteiger partial charge in [0, 0.05) is 18.0 Å². The second-order valence-corrected chi connectivity index (χ2v) is 11.0. The van der Waals surface area contributed by atoms with Gasteiger partial charge in [0.05, 0.1) is 22.9 Å². The van der Waals surface area contributed by atoms with Crippen LogP contribution in [0, 0.1) is 17.2 Å². The van der Waals surface area contributed by atoms with Crippen molar-refractivity contribution in [1.29, 1.82) is 5.26 Å². The summed E-state index contributed by atoms with van der Waals surface area (Å²) >= 11 is 0. The maximum Gasteiger partial charge on any atom is 0.259 e. The second-order valence-electron chi connectivity index (χ2n) is 11.0. The Hall–Kier alpha value is -3.76. The van der Waals surface area contributed by atoms with E-state index in [1.807, 2.05) is 71.5 Å². The number of benzene rings is 2. The van der Waals surface area contributed by atoms with Crippen LogP contribution < -0.4 is 5.56 Å². The Morgan fingerprint density at radius 1 is 1.08 bits per heavy atom. The minimum absolute atomic E-state index is 0.0135. The predicted molar refractivity (Wildman–Crippen MR) is 148 cm³/mol. The summed E-state index contributed by atoms with van der Waals surface area (Å²) in [7, 11) is 0. The minimum atomic E-state index is -0.712. The third-order valence-electron chi connectivity index (χ3n) is 8.07. The molecule has 1 saturated carbocycles. The van der Waals surface area contributed by atoms with E-state index in [-0.39, 0.29) is 17.5 Å². The molecule has 196 valence electrons. The summed E-state index contributed by atoms with van der Waals surface area (Å²) in [6.45, 7) is 5.86. The molecular formula is C31H35N5O2. The number of nitriles is 1. The van der Waals surface area contributed by atoms with Crippen LogP contribution in [0.15, 0.2) is 59.7 Å². The van der Waals surface area contributed by atoms with Gasteiger partial charge in [-0.1, -0.05) is 55.8 Å². The largest absolute Gasteiger partial charge is 0.390 e. The maximum atomic E-state index is 14.1. The van der Waals surface area contributed by atoms with Gasteiger partial charge < -0.3 is 5.11 Å². The van der Waals surface area contributed by atoms with Crippen molar-refractivity contribution in [1.82, 2.24) is 19.2 Å². The average Bonchev–Trinajstić information content (AvgIpc) is 3.40. The van der Waals surface area contributed by atoms with Crippen molar-refractivity contribution >= 4 is 5.78 Å². The van der Waals surface area contributed by atoms with Crippen LogP contribution >= 0.6 is 0 Å². The topological polar surface area (TPSA) is 96.2 Å². The fourth-order valence-corrected chi connectivity index (χ4v) is 5.96. The summed E-state index contributed by atoms with van der Waals surface area (Å²) in [6, 6.07) is 18.0. The zero-order valence-electron chi connectivity index (χ0n) is 22.4. The van der Waals surface area contributed by atoms with Crippen LogP contribution in [0.1, 0.15) is 81.3 Å². The first-order chi connectivity index (χ1) is 18.3. The molecule has 0 saturated heterocycles. The Morgan fingerprint density at radius 3 is 2.45 bits per heavy atom. The highest BCUT2D eigenvalue weighted by molar-refractivity contribution is 5.70. The molecule has 0 atom stereocenters. The third kappa shape index (κ3) is 4.89. The summed E-state index contributed by atoms with van der Waals surface area (Å²) in [5.41, 5.74) is 4.55. The summed E-state index contributed by atoms with van der Waals surface area (Å²) in [5, 5.41) is 24.5. The zero-order valence-corrected chi connectivity index (χ0v) is 22.4. The number of fused-ring (bicyclic) bond motifs is 1. The van der Waals surface area contributed by atoms with Crippen LogP contribution in [-0.4, -0.2) is 29.9 Å². The molecule has 0 spiro atoms. The van der Waals surface area contributed by atoms with E-state index in [0.29, 0.717) is 17.8 Å². The summed E-state index contributed by atoms with van der Waals surface area (Å²) < 4.78 is 3.72. The lowest BCUT2D eigenvalue weighted by Gasteiger charge is -2.36. The molecule has 0 unspecified atom stereocenters. The van der Waals surface area contributed by atoms with Gasteiger partial charge in [-0.05, 0) is 74.6 Å². The monoisotopic (exact) mass is 509 g/mol. The maximum absolute atomic E-state index is 14.1. The van der Waals surface area contributed by atoms with Crippen molar-refractivity contribution in [2.24, 2.45) is 5.92 Å². The van der Waals surface area contributed by atoms with Crippen LogP contribution in [0.25, 0.3) is 16.9 Å². The average molecular weight is 510 g/mol. The summed E-state index contributed by atoms with van der Waals surface area (Å²) in [5.74, 6) is 0.837. The Balaban J connectivity index is 1.52. The lowest BCUT2D eigenvalue weighted by atomic mass is 9.77. The molecule has 2 heterocycles. The van der Waals surface area contributed by atoms with Crippen LogP contribution in [0.5, 0.6) is 0 Å². The molecule has 7 nitrogen and oxygen atoms in total. The van der Waals surface area contributed by atoms with Gasteiger partial charge in [0.2, 0.25) is 5.78 Å². The molecule has 1 aliphatic carbocycles. The van der Waals surface area contributed by atoms with E-state index in [9.17, 15) is 15.2 Å². The lowest BCUT2D eigenvalue weighted by Crippen LogP contribution is -2.38. The fourth-order valence-electron chi connectivity index (χ4n) is 5.96. The van der Waals surface area contributed by atoms with Crippen LogP contribution in [0.3, 0.4) is 0 Å². The number of aliphatic hydroxyl groups is 1. The SMILES string of the molecule is CCCc1c(Cc2ccc(-c3ccccc3C#N)cc2)c(=O)n(C2CCC(C(C)(C)O)CC2)c2ncnn12. The zero-order chi connectivity index (χ0) is 26.9. The van der Waals surface area contributed by atoms with E-state index in [1.54, 1.807) is 0 Å². The van der Waals surface area contributed by atoms with Crippen molar-refractivity contribution in [2.45, 2.75) is 77.4 Å². The van der Waals surface area contributed by atoms with E-state index < -0.39 is 5.60 Å². The van der Waals surface area contributed by atoms with Crippen molar-refractivity contribution in [3.63, 3.8) is 0 Å². The quantitative estimate of drug-likeness (QED) is 0.356. The van der Waals surface area contributed by atoms with Gasteiger partial charge >= 0.3 is 0 Å². The number of nitrogens with zero attached hydrogens (tertiary/aromatic N) is 5. The smallest absolute Gasteiger partial charge is 0.259 e. The van der Waals surface area contributed by atoms with Gasteiger partial charge in [0.15, 0.2) is 0 Å². The highest BCUT2D eigenvalue weighted by Crippen LogP contribution is 2.37. The van der Waals surface area contributed by atoms with Crippen molar-refractivity contribution in [3.05, 3.63) is 87.6 Å². The van der Waals surface area contributed by atoms with Crippen LogP contribution in [0.4, 0.5) is 0 Å². The molecule has 1 N–H and O–H groups in total. The third-order valence-corrected chi connectivity index (χ3v) is 8.07. The Kier molecular flexibility index (Phi) is 7.18. The van der Waals surface area contributed by atoms with Crippen LogP contribution in [0.2, 0.25) is 0 Å². The molecule has 0 amide bonds. The van der Waals surface area contributed by atoms with Gasteiger partial charge in [-0.2, -0.15) is 15.3 Å². The first kappa shape index (κ1) is 25.9. The van der Waals surface area contributed by atoms with E-state index >= 15 is 0 Å². The molecule has 0 bridgehead atoms. The fraction of sp³-hybridized carbons (Fsp3) is 0.419. The van der Waals surface area contributed by atoms with Gasteiger partial charge in [-0.3, -0.25) is 9.36 Å². The first-order valence-electron chi connectivity index (χ1n) is 13.6. The van der Waals surface area contributed by atoms with Gasteiger partial charge in [0.25, 0.3) is 5.56 Å². The van der Waals surface area contributed by atoms with Gasteiger partial charge in [0.1, 0.15) is 6.33 Å². The lowest BCUT2D eigenvalue weighted by molar-refractivity contribution is -0.00491. The number of rotatable bonds is 7. The van der Waals surface area contributed by atoms with E-state index in [2.05, 4.69) is 23.1 Å². The predicted octanol–water partition coefficient (Wildman–Crippen LogP) is 5.48. The molecule has 7 heteroatoms. The highest BCUT2D eigenvalue weighted by Gasteiger charge is 2.33. The van der Waals surface area contributed by atoms with E-state index in [4.69, 9.17) is 0 Å². The van der Waals surface area contributed by atoms with Crippen molar-refractivity contribution in [3.8, 4) is 17.2 Å². The molecule has 0 radical (unpaired) electrons. The number of hydrogen-bond acceptors (Lipinski definition) is 5.